The van der Waals surface area contributed by atoms with Crippen molar-refractivity contribution < 1.29 is 53.1 Å². The third-order valence-electron chi connectivity index (χ3n) is 4.36. The van der Waals surface area contributed by atoms with Crippen molar-refractivity contribution in [3.63, 3.8) is 0 Å². The van der Waals surface area contributed by atoms with E-state index in [1.54, 1.807) is 6.92 Å². The first-order valence-corrected chi connectivity index (χ1v) is 9.56. The molecule has 0 saturated carbocycles. The van der Waals surface area contributed by atoms with E-state index >= 15 is 0 Å². The Balaban J connectivity index is 2.55. The second-order valence-electron chi connectivity index (χ2n) is 6.85. The number of esters is 4. The Hall–Kier alpha value is -3.83. The number of azide groups is 1. The van der Waals surface area contributed by atoms with Crippen molar-refractivity contribution in [2.75, 3.05) is 6.61 Å². The Morgan fingerprint density at radius 2 is 1.62 bits per heavy atom. The lowest BCUT2D eigenvalue weighted by atomic mass is 9.98. The predicted molar refractivity (Wildman–Crippen MR) is 113 cm³/mol. The molecule has 1 aliphatic heterocycles. The van der Waals surface area contributed by atoms with Gasteiger partial charge in [-0.1, -0.05) is 5.11 Å². The molecular weight excluding hydrogens is 454 g/mol. The van der Waals surface area contributed by atoms with Gasteiger partial charge in [0.2, 0.25) is 12.4 Å². The fourth-order valence-electron chi connectivity index (χ4n) is 3.14. The molecule has 0 bridgehead atoms. The minimum absolute atomic E-state index is 0.146. The van der Waals surface area contributed by atoms with Gasteiger partial charge in [0.25, 0.3) is 0 Å². The van der Waals surface area contributed by atoms with E-state index in [4.69, 9.17) is 39.4 Å². The lowest BCUT2D eigenvalue weighted by molar-refractivity contribution is -0.288. The van der Waals surface area contributed by atoms with Crippen LogP contribution in [-0.2, 0) is 42.9 Å². The SMILES string of the molecule is [2H]CC(=O)OC[C@H]1OC(Oc2ccc(N=[N+]=[N-])cc2C)[C@@H](OC(=O)C[2H])[C@@H](OC(=O)C[2H])[C@@H]1OC(=O)C[2H]. The van der Waals surface area contributed by atoms with Gasteiger partial charge >= 0.3 is 23.9 Å². The van der Waals surface area contributed by atoms with Gasteiger partial charge in [0, 0.05) is 43.7 Å². The topological polar surface area (TPSA) is 172 Å². The van der Waals surface area contributed by atoms with E-state index in [1.165, 1.54) is 18.2 Å². The number of ether oxygens (including phenoxy) is 6. The minimum atomic E-state index is -1.67. The summed E-state index contributed by atoms with van der Waals surface area (Å²) in [4.78, 5) is 50.6. The Morgan fingerprint density at radius 3 is 2.21 bits per heavy atom. The summed E-state index contributed by atoms with van der Waals surface area (Å²) in [6, 6.07) is 4.31. The smallest absolute Gasteiger partial charge is 0.303 e. The van der Waals surface area contributed by atoms with Gasteiger partial charge in [-0.25, -0.2) is 0 Å². The first kappa shape index (κ1) is 20.8. The lowest BCUT2D eigenvalue weighted by Gasteiger charge is -2.44. The highest BCUT2D eigenvalue weighted by molar-refractivity contribution is 5.68. The van der Waals surface area contributed by atoms with Crippen molar-refractivity contribution in [2.45, 2.75) is 65.2 Å². The highest BCUT2D eigenvalue weighted by Gasteiger charge is 2.53. The van der Waals surface area contributed by atoms with E-state index in [-0.39, 0.29) is 11.4 Å². The summed E-state index contributed by atoms with van der Waals surface area (Å²) >= 11 is 0. The average molecular weight is 483 g/mol. The number of aryl methyl sites for hydroxylation is 1. The number of hydrogen-bond acceptors (Lipinski definition) is 11. The van der Waals surface area contributed by atoms with Crippen LogP contribution >= 0.6 is 0 Å². The molecule has 13 nitrogen and oxygen atoms in total. The molecule has 0 amide bonds. The van der Waals surface area contributed by atoms with Crippen LogP contribution in [-0.4, -0.2) is 61.2 Å². The van der Waals surface area contributed by atoms with Crippen LogP contribution in [0.1, 0.15) is 38.6 Å². The molecule has 1 fully saturated rings. The van der Waals surface area contributed by atoms with Crippen LogP contribution in [0.4, 0.5) is 5.69 Å². The minimum Gasteiger partial charge on any atom is -0.463 e. The first-order chi connectivity index (χ1) is 18.2. The van der Waals surface area contributed by atoms with E-state index in [0.717, 1.165) is 0 Å². The van der Waals surface area contributed by atoms with Crippen LogP contribution < -0.4 is 4.74 Å². The number of carbonyl (C=O) groups is 4. The highest BCUT2D eigenvalue weighted by Crippen LogP contribution is 2.32. The number of nitrogens with zero attached hydrogens (tertiary/aromatic N) is 3. The second-order valence-corrected chi connectivity index (χ2v) is 6.85. The molecule has 1 saturated heterocycles. The van der Waals surface area contributed by atoms with Gasteiger partial charge in [-0.3, -0.25) is 19.2 Å². The van der Waals surface area contributed by atoms with E-state index in [2.05, 4.69) is 10.0 Å². The summed E-state index contributed by atoms with van der Waals surface area (Å²) < 4.78 is 61.4. The van der Waals surface area contributed by atoms with Crippen molar-refractivity contribution in [3.8, 4) is 5.75 Å². The van der Waals surface area contributed by atoms with Crippen LogP contribution in [0.2, 0.25) is 0 Å². The molecule has 1 aromatic rings. The monoisotopic (exact) mass is 483 g/mol. The van der Waals surface area contributed by atoms with Crippen molar-refractivity contribution >= 4 is 29.6 Å². The Bertz CT molecular complexity index is 1070. The van der Waals surface area contributed by atoms with E-state index in [1.807, 2.05) is 0 Å². The van der Waals surface area contributed by atoms with E-state index in [9.17, 15) is 19.2 Å². The molecule has 0 spiro atoms. The van der Waals surface area contributed by atoms with Crippen LogP contribution in [0.3, 0.4) is 0 Å². The maximum Gasteiger partial charge on any atom is 0.303 e. The largest absolute Gasteiger partial charge is 0.463 e. The van der Waals surface area contributed by atoms with Gasteiger partial charge in [-0.05, 0) is 36.2 Å². The van der Waals surface area contributed by atoms with Crippen molar-refractivity contribution in [3.05, 3.63) is 34.2 Å². The van der Waals surface area contributed by atoms with Gasteiger partial charge in [0.05, 0.1) is 0 Å². The van der Waals surface area contributed by atoms with Gasteiger partial charge < -0.3 is 28.4 Å². The molecule has 13 heteroatoms. The van der Waals surface area contributed by atoms with E-state index in [0.29, 0.717) is 5.56 Å². The molecule has 2 rings (SSSR count). The van der Waals surface area contributed by atoms with Crippen molar-refractivity contribution in [1.82, 2.24) is 0 Å². The first-order valence-electron chi connectivity index (χ1n) is 12.4. The fraction of sp³-hybridized carbons (Fsp3) is 0.524. The molecule has 1 aliphatic rings. The van der Waals surface area contributed by atoms with Gasteiger partial charge in [0.15, 0.2) is 12.2 Å². The molecule has 0 N–H and O–H groups in total. The van der Waals surface area contributed by atoms with Crippen LogP contribution in [0, 0.1) is 6.92 Å². The second kappa shape index (κ2) is 11.9. The van der Waals surface area contributed by atoms with E-state index < -0.39 is 88.8 Å². The number of rotatable bonds is 8. The molecule has 5 atom stereocenters. The summed E-state index contributed by atoms with van der Waals surface area (Å²) in [5.74, 6) is -4.08. The molecule has 0 aromatic heterocycles. The summed E-state index contributed by atoms with van der Waals surface area (Å²) in [6.45, 7) is -2.30. The van der Waals surface area contributed by atoms with Crippen molar-refractivity contribution in [2.24, 2.45) is 5.11 Å². The molecule has 1 aromatic carbocycles. The summed E-state index contributed by atoms with van der Waals surface area (Å²) in [7, 11) is 0. The maximum absolute atomic E-state index is 12.1. The number of benzene rings is 1. The fourth-order valence-corrected chi connectivity index (χ4v) is 3.14. The predicted octanol–water partition coefficient (Wildman–Crippen LogP) is 2.40. The number of hydrogen-bond donors (Lipinski definition) is 0. The standard InChI is InChI=1S/C21H25N3O10/c1-10-8-15(23-24-22)6-7-16(10)33-21-20(32-14(5)28)19(31-13(4)27)18(30-12(3)26)17(34-21)9-29-11(2)25/h6-8,17-21H,9H2,1-5H3/t17-,18-,19+,20+,21?/m1/s1/i2D,3D,4D,5D. The normalized spacial score (nSPS) is 25.1. The Labute approximate surface area is 200 Å². The molecule has 184 valence electrons. The van der Waals surface area contributed by atoms with Gasteiger partial charge in [-0.15, -0.1) is 0 Å². The zero-order valence-electron chi connectivity index (χ0n) is 22.1. The van der Waals surface area contributed by atoms with Crippen LogP contribution in [0.15, 0.2) is 23.3 Å². The molecule has 1 unspecified atom stereocenters. The zero-order valence-corrected chi connectivity index (χ0v) is 18.1. The molecular formula is C21H25N3O10. The quantitative estimate of drug-likeness (QED) is 0.176. The zero-order chi connectivity index (χ0) is 28.2. The third kappa shape index (κ3) is 7.36. The van der Waals surface area contributed by atoms with Crippen molar-refractivity contribution in [1.29, 1.82) is 0 Å². The summed E-state index contributed by atoms with van der Waals surface area (Å²) in [5, 5.41) is 3.48. The number of carbonyl (C=O) groups excluding carboxylic acids is 4. The third-order valence-corrected chi connectivity index (χ3v) is 4.36. The van der Waals surface area contributed by atoms with Gasteiger partial charge in [-0.2, -0.15) is 0 Å². The Morgan fingerprint density at radius 1 is 1.00 bits per heavy atom. The van der Waals surface area contributed by atoms with Gasteiger partial charge in [0.1, 0.15) is 18.5 Å². The lowest BCUT2D eigenvalue weighted by Crippen LogP contribution is -2.63. The average Bonchev–Trinajstić information content (AvgIpc) is 2.91. The molecule has 0 radical (unpaired) electrons. The molecule has 0 aliphatic carbocycles. The van der Waals surface area contributed by atoms with Crippen LogP contribution in [0.5, 0.6) is 5.75 Å². The summed E-state index contributed by atoms with van der Waals surface area (Å²) in [6.07, 6.45) is -7.91. The maximum atomic E-state index is 12.1. The molecule has 34 heavy (non-hydrogen) atoms. The van der Waals surface area contributed by atoms with Crippen LogP contribution in [0.25, 0.3) is 10.4 Å². The summed E-state index contributed by atoms with van der Waals surface area (Å²) in [5.41, 5.74) is 9.35. The molecule has 1 heterocycles. The Kier molecular flexibility index (Phi) is 7.24. The highest BCUT2D eigenvalue weighted by atomic mass is 16.7.